The highest BCUT2D eigenvalue weighted by atomic mass is 35.5. The van der Waals surface area contributed by atoms with Crippen LogP contribution in [0.25, 0.3) is 0 Å². The molecule has 0 aliphatic heterocycles. The van der Waals surface area contributed by atoms with Gasteiger partial charge in [0.05, 0.1) is 22.7 Å². The molecule has 0 bridgehead atoms. The molecule has 1 atom stereocenters. The van der Waals surface area contributed by atoms with Crippen molar-refractivity contribution in [3.05, 3.63) is 39.9 Å². The molecule has 138 valence electrons. The van der Waals surface area contributed by atoms with E-state index in [1.54, 1.807) is 32.1 Å². The van der Waals surface area contributed by atoms with Crippen LogP contribution in [0.2, 0.25) is 10.0 Å². The molecule has 0 fully saturated rings. The van der Waals surface area contributed by atoms with Gasteiger partial charge in [-0.15, -0.1) is 0 Å². The summed E-state index contributed by atoms with van der Waals surface area (Å²) in [7, 11) is 1.29. The summed E-state index contributed by atoms with van der Waals surface area (Å²) in [5, 5.41) is 3.66. The van der Waals surface area contributed by atoms with Gasteiger partial charge < -0.3 is 14.8 Å². The second kappa shape index (κ2) is 9.11. The van der Waals surface area contributed by atoms with E-state index in [1.165, 1.54) is 13.2 Å². The Morgan fingerprint density at radius 2 is 1.96 bits per heavy atom. The van der Waals surface area contributed by atoms with Crippen LogP contribution in [0.3, 0.4) is 0 Å². The van der Waals surface area contributed by atoms with E-state index in [4.69, 9.17) is 27.9 Å². The molecule has 0 aromatic heterocycles. The normalized spacial score (nSPS) is 12.8. The summed E-state index contributed by atoms with van der Waals surface area (Å²) in [6.45, 7) is 7.18. The number of ether oxygens (including phenoxy) is 2. The van der Waals surface area contributed by atoms with Crippen LogP contribution in [-0.4, -0.2) is 30.6 Å². The highest BCUT2D eigenvalue weighted by Crippen LogP contribution is 2.31. The van der Waals surface area contributed by atoms with Gasteiger partial charge in [-0.25, -0.2) is 4.79 Å². The first-order chi connectivity index (χ1) is 11.6. The number of hydrogen-bond acceptors (Lipinski definition) is 4. The summed E-state index contributed by atoms with van der Waals surface area (Å²) in [5.74, 6) is -0.320. The largest absolute Gasteiger partial charge is 0.481 e. The number of benzene rings is 1. The van der Waals surface area contributed by atoms with Crippen LogP contribution in [0.15, 0.2) is 24.3 Å². The molecule has 0 aliphatic carbocycles. The fourth-order valence-corrected chi connectivity index (χ4v) is 2.40. The van der Waals surface area contributed by atoms with Crippen molar-refractivity contribution >= 4 is 35.1 Å². The minimum absolute atomic E-state index is 0.300. The average molecular weight is 388 g/mol. The maximum Gasteiger partial charge on any atom is 0.330 e. The summed E-state index contributed by atoms with van der Waals surface area (Å²) in [6.07, 6.45) is 2.58. The Morgan fingerprint density at radius 3 is 2.48 bits per heavy atom. The van der Waals surface area contributed by atoms with E-state index < -0.39 is 17.6 Å². The van der Waals surface area contributed by atoms with Gasteiger partial charge in [0, 0.05) is 12.1 Å². The summed E-state index contributed by atoms with van der Waals surface area (Å²) < 4.78 is 10.3. The number of esters is 1. The van der Waals surface area contributed by atoms with Crippen molar-refractivity contribution in [2.45, 2.75) is 45.8 Å². The molecule has 1 amide bonds. The molecule has 7 heteroatoms. The van der Waals surface area contributed by atoms with Crippen molar-refractivity contribution < 1.29 is 19.1 Å². The first-order valence-corrected chi connectivity index (χ1v) is 8.56. The predicted molar refractivity (Wildman–Crippen MR) is 99.3 cm³/mol. The van der Waals surface area contributed by atoms with Crippen molar-refractivity contribution in [2.75, 3.05) is 7.11 Å². The molecular formula is C18H23Cl2NO4. The molecule has 1 aromatic carbocycles. The minimum atomic E-state index is -0.740. The van der Waals surface area contributed by atoms with E-state index >= 15 is 0 Å². The number of halogens is 2. The van der Waals surface area contributed by atoms with Gasteiger partial charge >= 0.3 is 5.97 Å². The molecule has 0 spiro atoms. The van der Waals surface area contributed by atoms with Crippen molar-refractivity contribution in [1.82, 2.24) is 5.32 Å². The quantitative estimate of drug-likeness (QED) is 0.565. The van der Waals surface area contributed by atoms with Gasteiger partial charge in [-0.2, -0.15) is 0 Å². The molecular weight excluding hydrogens is 365 g/mol. The molecule has 0 saturated heterocycles. The van der Waals surface area contributed by atoms with Gasteiger partial charge in [0.2, 0.25) is 0 Å². The lowest BCUT2D eigenvalue weighted by Gasteiger charge is -2.26. The lowest BCUT2D eigenvalue weighted by Crippen LogP contribution is -2.48. The Labute approximate surface area is 158 Å². The Hall–Kier alpha value is -1.72. The standard InChI is InChI=1S/C18H23Cl2NO4/c1-6-14(25-12-9-11(2)16(20)13(19)10-12)17(23)21-18(3,4)8-7-15(22)24-5/h7-10,14H,6H2,1-5H3,(H,21,23)/b8-7+/t14-/m1/s1. The Balaban J connectivity index is 2.84. The number of nitrogens with one attached hydrogen (secondary N) is 1. The summed E-state index contributed by atoms with van der Waals surface area (Å²) in [5.41, 5.74) is 0.0241. The third-order valence-corrected chi connectivity index (χ3v) is 4.30. The van der Waals surface area contributed by atoms with Gasteiger partial charge in [-0.1, -0.05) is 36.2 Å². The second-order valence-corrected chi connectivity index (χ2v) is 6.90. The zero-order valence-electron chi connectivity index (χ0n) is 15.0. The van der Waals surface area contributed by atoms with E-state index in [0.29, 0.717) is 22.2 Å². The van der Waals surface area contributed by atoms with Crippen LogP contribution in [0.5, 0.6) is 5.75 Å². The first-order valence-electron chi connectivity index (χ1n) is 7.81. The topological polar surface area (TPSA) is 64.6 Å². The average Bonchev–Trinajstić information content (AvgIpc) is 2.54. The van der Waals surface area contributed by atoms with Gasteiger partial charge in [0.1, 0.15) is 5.75 Å². The molecule has 0 heterocycles. The number of carbonyl (C=O) groups is 2. The Kier molecular flexibility index (Phi) is 7.77. The molecule has 1 rings (SSSR count). The number of rotatable bonds is 7. The molecule has 0 saturated carbocycles. The number of amides is 1. The summed E-state index contributed by atoms with van der Waals surface area (Å²) >= 11 is 12.1. The fourth-order valence-electron chi connectivity index (χ4n) is 2.03. The zero-order valence-corrected chi connectivity index (χ0v) is 16.5. The van der Waals surface area contributed by atoms with Crippen LogP contribution in [0.1, 0.15) is 32.8 Å². The van der Waals surface area contributed by atoms with E-state index in [-0.39, 0.29) is 5.91 Å². The SMILES string of the molecule is CC[C@@H](Oc1cc(C)c(Cl)c(Cl)c1)C(=O)NC(C)(C)/C=C/C(=O)OC. The monoisotopic (exact) mass is 387 g/mol. The van der Waals surface area contributed by atoms with Crippen molar-refractivity contribution in [3.8, 4) is 5.75 Å². The third kappa shape index (κ3) is 6.59. The molecule has 25 heavy (non-hydrogen) atoms. The van der Waals surface area contributed by atoms with E-state index in [2.05, 4.69) is 10.1 Å². The third-order valence-electron chi connectivity index (χ3n) is 3.41. The molecule has 1 N–H and O–H groups in total. The lowest BCUT2D eigenvalue weighted by molar-refractivity contribution is -0.135. The molecule has 1 aromatic rings. The molecule has 0 radical (unpaired) electrons. The van der Waals surface area contributed by atoms with Gasteiger partial charge in [0.25, 0.3) is 5.91 Å². The molecule has 0 unspecified atom stereocenters. The Bertz CT molecular complexity index is 648. The minimum Gasteiger partial charge on any atom is -0.481 e. The van der Waals surface area contributed by atoms with Crippen molar-refractivity contribution in [1.29, 1.82) is 0 Å². The van der Waals surface area contributed by atoms with E-state index in [9.17, 15) is 9.59 Å². The van der Waals surface area contributed by atoms with Crippen LogP contribution in [0.4, 0.5) is 0 Å². The van der Waals surface area contributed by atoms with Crippen molar-refractivity contribution in [3.63, 3.8) is 0 Å². The van der Waals surface area contributed by atoms with Crippen LogP contribution >= 0.6 is 23.2 Å². The van der Waals surface area contributed by atoms with Crippen LogP contribution < -0.4 is 10.1 Å². The zero-order chi connectivity index (χ0) is 19.2. The highest BCUT2D eigenvalue weighted by molar-refractivity contribution is 6.42. The fraction of sp³-hybridized carbons (Fsp3) is 0.444. The number of methoxy groups -OCH3 is 1. The van der Waals surface area contributed by atoms with Crippen LogP contribution in [0, 0.1) is 6.92 Å². The van der Waals surface area contributed by atoms with Gasteiger partial charge in [-0.05, 0) is 38.8 Å². The van der Waals surface area contributed by atoms with E-state index in [0.717, 1.165) is 5.56 Å². The van der Waals surface area contributed by atoms with Crippen LogP contribution in [-0.2, 0) is 14.3 Å². The van der Waals surface area contributed by atoms with Crippen molar-refractivity contribution in [2.24, 2.45) is 0 Å². The molecule has 0 aliphatic rings. The highest BCUT2D eigenvalue weighted by Gasteiger charge is 2.25. The predicted octanol–water partition coefficient (Wildman–Crippen LogP) is 4.08. The van der Waals surface area contributed by atoms with Gasteiger partial charge in [0.15, 0.2) is 6.10 Å². The molecule has 5 nitrogen and oxygen atoms in total. The van der Waals surface area contributed by atoms with Gasteiger partial charge in [-0.3, -0.25) is 4.79 Å². The first kappa shape index (κ1) is 21.3. The number of hydrogen-bond donors (Lipinski definition) is 1. The number of carbonyl (C=O) groups excluding carboxylic acids is 2. The maximum atomic E-state index is 12.5. The lowest BCUT2D eigenvalue weighted by atomic mass is 10.0. The number of aryl methyl sites for hydroxylation is 1. The summed E-state index contributed by atoms with van der Waals surface area (Å²) in [6, 6.07) is 3.31. The maximum absolute atomic E-state index is 12.5. The second-order valence-electron chi connectivity index (χ2n) is 6.12. The van der Waals surface area contributed by atoms with E-state index in [1.807, 2.05) is 13.8 Å². The summed E-state index contributed by atoms with van der Waals surface area (Å²) in [4.78, 5) is 23.7. The smallest absolute Gasteiger partial charge is 0.330 e. The Morgan fingerprint density at radius 1 is 1.32 bits per heavy atom.